The van der Waals surface area contributed by atoms with Crippen molar-refractivity contribution >= 4 is 57.4 Å². The number of carboxylic acids is 1. The van der Waals surface area contributed by atoms with Crippen LogP contribution in [0.5, 0.6) is 5.75 Å². The summed E-state index contributed by atoms with van der Waals surface area (Å²) < 4.78 is 37.0. The molecule has 1 unspecified atom stereocenters. The van der Waals surface area contributed by atoms with Crippen molar-refractivity contribution in [3.05, 3.63) is 87.4 Å². The Kier molecular flexibility index (Phi) is 9.52. The number of hydrogen-bond donors (Lipinski definition) is 3. The maximum atomic E-state index is 13.4. The van der Waals surface area contributed by atoms with Gasteiger partial charge in [0.1, 0.15) is 11.8 Å². The van der Waals surface area contributed by atoms with Crippen LogP contribution in [0.15, 0.2) is 65.6 Å². The number of benzene rings is 3. The summed E-state index contributed by atoms with van der Waals surface area (Å²) in [5, 5.41) is 22.0. The molecule has 0 aromatic heterocycles. The van der Waals surface area contributed by atoms with Gasteiger partial charge in [-0.1, -0.05) is 60.3 Å². The lowest BCUT2D eigenvalue weighted by molar-refractivity contribution is -0.139. The number of aromatic hydroxyl groups is 1. The molecule has 0 bridgehead atoms. The van der Waals surface area contributed by atoms with Crippen molar-refractivity contribution in [3.63, 3.8) is 0 Å². The molecule has 204 valence electrons. The third kappa shape index (κ3) is 7.65. The van der Waals surface area contributed by atoms with E-state index in [0.29, 0.717) is 10.9 Å². The van der Waals surface area contributed by atoms with E-state index in [1.165, 1.54) is 42.5 Å². The lowest BCUT2D eigenvalue weighted by Gasteiger charge is -2.16. The molecular weight excluding hydrogens is 584 g/mol. The fraction of sp³-hybridized carbons (Fsp3) is 0.185. The minimum atomic E-state index is -3.51. The summed E-state index contributed by atoms with van der Waals surface area (Å²) in [7, 11) is -6.68. The minimum absolute atomic E-state index is 0.0231. The zero-order valence-electron chi connectivity index (χ0n) is 20.8. The number of carbonyl (C=O) groups excluding carboxylic acids is 1. The van der Waals surface area contributed by atoms with Gasteiger partial charge in [-0.3, -0.25) is 4.79 Å². The maximum Gasteiger partial charge on any atom is 0.326 e. The van der Waals surface area contributed by atoms with Gasteiger partial charge >= 0.3 is 5.97 Å². The molecule has 2 atom stereocenters. The number of nitrogens with one attached hydrogen (secondary N) is 1. The Hall–Kier alpha value is -3.28. The molecule has 0 saturated carbocycles. The first-order chi connectivity index (χ1) is 18.2. The quantitative estimate of drug-likeness (QED) is 0.252. The molecule has 12 heteroatoms. The largest absolute Gasteiger partial charge is 0.508 e. The smallest absolute Gasteiger partial charge is 0.326 e. The van der Waals surface area contributed by atoms with Crippen LogP contribution in [-0.2, 0) is 25.6 Å². The van der Waals surface area contributed by atoms with Gasteiger partial charge in [0.2, 0.25) is 0 Å². The second kappa shape index (κ2) is 12.3. The predicted molar refractivity (Wildman–Crippen MR) is 151 cm³/mol. The molecule has 8 nitrogen and oxygen atoms in total. The Morgan fingerprint density at radius 1 is 1.05 bits per heavy atom. The number of phenolic OH excluding ortho intramolecular Hbond substituents is 1. The molecule has 0 fully saturated rings. The summed E-state index contributed by atoms with van der Waals surface area (Å²) in [5.41, 5.74) is 3.25. The van der Waals surface area contributed by atoms with Gasteiger partial charge in [-0.2, -0.15) is 0 Å². The molecule has 3 aromatic rings. The van der Waals surface area contributed by atoms with E-state index >= 15 is 0 Å². The van der Waals surface area contributed by atoms with Gasteiger partial charge in [0.15, 0.2) is 17.0 Å². The lowest BCUT2D eigenvalue weighted by Crippen LogP contribution is -2.42. The Morgan fingerprint density at radius 2 is 1.69 bits per heavy atom. The van der Waals surface area contributed by atoms with Crippen molar-refractivity contribution in [3.8, 4) is 17.3 Å². The van der Waals surface area contributed by atoms with Crippen LogP contribution in [0, 0.1) is 11.6 Å². The molecule has 0 aliphatic rings. The van der Waals surface area contributed by atoms with E-state index in [2.05, 4.69) is 16.9 Å². The number of carboxylic acid groups (broad SMARTS) is 1. The predicted octanol–water partition coefficient (Wildman–Crippen LogP) is 4.55. The molecule has 0 saturated heterocycles. The molecule has 0 aliphatic heterocycles. The van der Waals surface area contributed by atoms with Gasteiger partial charge in [0, 0.05) is 29.7 Å². The number of aliphatic carboxylic acids is 1. The summed E-state index contributed by atoms with van der Waals surface area (Å²) in [5.74, 6) is 0.543. The first kappa shape index (κ1) is 30.3. The molecule has 0 spiro atoms. The average molecular weight is 608 g/mol. The summed E-state index contributed by atoms with van der Waals surface area (Å²) in [4.78, 5) is 24.9. The monoisotopic (exact) mass is 607 g/mol. The molecular formula is C27H24Cl2NO7PS. The van der Waals surface area contributed by atoms with Crippen molar-refractivity contribution in [1.29, 1.82) is 0 Å². The molecule has 39 heavy (non-hydrogen) atoms. The van der Waals surface area contributed by atoms with Crippen LogP contribution in [0.3, 0.4) is 0 Å². The lowest BCUT2D eigenvalue weighted by atomic mass is 10.0. The third-order valence-corrected chi connectivity index (χ3v) is 9.89. The number of rotatable bonds is 8. The standard InChI is InChI=1S/C27H24Cl2NO7PS/c1-3-38(35,20-8-5-7-19(31)16-20)11-10-18-13-22(28)25(23(29)14-18)26(32)30-24(27(33)34)15-17-6-4-9-21(12-17)39(2,36)37/h4-9,12-14,16,24,31H,3,15H2,1-2H3,(H,30,32)(H,33,34)/t24-,38?/m0/s1. The SMILES string of the molecule is CCP(=O)(C#Cc1cc(Cl)c(C(=O)N[C@@H](Cc2cccc(S(C)(=O)=O)c2)C(=O)O)c(Cl)c1)c1cccc(O)c1. The topological polar surface area (TPSA) is 138 Å². The van der Waals surface area contributed by atoms with Crippen molar-refractivity contribution in [2.45, 2.75) is 24.3 Å². The minimum Gasteiger partial charge on any atom is -0.508 e. The number of phenols is 1. The van der Waals surface area contributed by atoms with E-state index in [9.17, 15) is 32.8 Å². The van der Waals surface area contributed by atoms with Crippen LogP contribution in [0.25, 0.3) is 0 Å². The highest BCUT2D eigenvalue weighted by atomic mass is 35.5. The molecule has 1 amide bonds. The second-order valence-corrected chi connectivity index (χ2v) is 14.3. The van der Waals surface area contributed by atoms with Gasteiger partial charge in [0.05, 0.1) is 20.5 Å². The van der Waals surface area contributed by atoms with Crippen LogP contribution < -0.4 is 10.6 Å². The van der Waals surface area contributed by atoms with Gasteiger partial charge in [-0.15, -0.1) is 0 Å². The highest BCUT2D eigenvalue weighted by Crippen LogP contribution is 2.43. The van der Waals surface area contributed by atoms with Crippen molar-refractivity contribution in [2.75, 3.05) is 12.4 Å². The zero-order chi connectivity index (χ0) is 29.0. The van der Waals surface area contributed by atoms with Crippen LogP contribution in [0.1, 0.15) is 28.4 Å². The molecule has 0 heterocycles. The van der Waals surface area contributed by atoms with Gasteiger partial charge < -0.3 is 20.1 Å². The second-order valence-electron chi connectivity index (χ2n) is 8.62. The Balaban J connectivity index is 1.86. The average Bonchev–Trinajstić information content (AvgIpc) is 2.86. The van der Waals surface area contributed by atoms with Crippen molar-refractivity contribution < 1.29 is 32.8 Å². The first-order valence-electron chi connectivity index (χ1n) is 11.5. The summed E-state index contributed by atoms with van der Waals surface area (Å²) in [6, 6.07) is 13.1. The van der Waals surface area contributed by atoms with Crippen molar-refractivity contribution in [1.82, 2.24) is 5.32 Å². The van der Waals surface area contributed by atoms with Crippen LogP contribution in [0.2, 0.25) is 10.0 Å². The number of sulfone groups is 1. The molecule has 0 aliphatic carbocycles. The molecule has 3 rings (SSSR count). The highest BCUT2D eigenvalue weighted by Gasteiger charge is 2.25. The van der Waals surface area contributed by atoms with Gasteiger partial charge in [0.25, 0.3) is 5.91 Å². The highest BCUT2D eigenvalue weighted by molar-refractivity contribution is 7.90. The van der Waals surface area contributed by atoms with Crippen LogP contribution in [-0.4, -0.2) is 49.0 Å². The van der Waals surface area contributed by atoms with E-state index in [1.807, 2.05) is 0 Å². The first-order valence-corrected chi connectivity index (χ1v) is 16.0. The van der Waals surface area contributed by atoms with Crippen LogP contribution >= 0.6 is 30.3 Å². The normalized spacial score (nSPS) is 13.4. The third-order valence-electron chi connectivity index (χ3n) is 5.71. The van der Waals surface area contributed by atoms with E-state index < -0.39 is 34.9 Å². The van der Waals surface area contributed by atoms with Gasteiger partial charge in [-0.25, -0.2) is 13.2 Å². The molecule has 3 aromatic carbocycles. The van der Waals surface area contributed by atoms with E-state index in [0.717, 1.165) is 6.26 Å². The van der Waals surface area contributed by atoms with E-state index in [4.69, 9.17) is 23.2 Å². The number of amides is 1. The van der Waals surface area contributed by atoms with Crippen LogP contribution in [0.4, 0.5) is 0 Å². The van der Waals surface area contributed by atoms with E-state index in [1.54, 1.807) is 25.1 Å². The van der Waals surface area contributed by atoms with Gasteiger partial charge in [-0.05, 0) is 47.6 Å². The fourth-order valence-electron chi connectivity index (χ4n) is 3.63. The van der Waals surface area contributed by atoms with E-state index in [-0.39, 0.29) is 44.4 Å². The summed E-state index contributed by atoms with van der Waals surface area (Å²) >= 11 is 12.6. The summed E-state index contributed by atoms with van der Waals surface area (Å²) in [6.07, 6.45) is 1.06. The maximum absolute atomic E-state index is 13.4. The number of halogens is 2. The number of carbonyl (C=O) groups is 2. The molecule has 0 radical (unpaired) electrons. The van der Waals surface area contributed by atoms with Crippen molar-refractivity contribution in [2.24, 2.45) is 0 Å². The Morgan fingerprint density at radius 3 is 2.26 bits per heavy atom. The molecule has 3 N–H and O–H groups in total. The fourth-order valence-corrected chi connectivity index (χ4v) is 6.61. The Bertz CT molecular complexity index is 1640. The number of hydrogen-bond acceptors (Lipinski definition) is 6. The summed E-state index contributed by atoms with van der Waals surface area (Å²) in [6.45, 7) is 1.71. The zero-order valence-corrected chi connectivity index (χ0v) is 24.0. The Labute approximate surface area is 236 Å².